The van der Waals surface area contributed by atoms with Crippen molar-refractivity contribution < 1.29 is 4.79 Å². The highest BCUT2D eigenvalue weighted by Gasteiger charge is 2.23. The van der Waals surface area contributed by atoms with Crippen LogP contribution in [0.15, 0.2) is 18.3 Å². The van der Waals surface area contributed by atoms with E-state index in [9.17, 15) is 4.79 Å². The molecule has 3 rings (SSSR count). The van der Waals surface area contributed by atoms with Gasteiger partial charge in [0.05, 0.1) is 11.1 Å². The fraction of sp³-hybridized carbons (Fsp3) is 0.467. The standard InChI is InChI=1S/C15H21N5O/c1-18-6-8-20(9-7-18)10-12-13(15(16)21)14-11(19(12)2)4-3-5-17-14/h3-5H,6-10H2,1-2H3,(H2,16,21). The van der Waals surface area contributed by atoms with Crippen molar-refractivity contribution in [1.82, 2.24) is 19.4 Å². The molecular weight excluding hydrogens is 266 g/mol. The SMILES string of the molecule is CN1CCN(Cc2c(C(N)=O)c3ncccc3n2C)CC1. The molecule has 0 aromatic carbocycles. The predicted octanol–water partition coefficient (Wildman–Crippen LogP) is 0.420. The summed E-state index contributed by atoms with van der Waals surface area (Å²) in [5.41, 5.74) is 8.78. The Bertz CT molecular complexity index is 670. The number of pyridine rings is 1. The molecule has 6 heteroatoms. The number of nitrogens with two attached hydrogens (primary N) is 1. The quantitative estimate of drug-likeness (QED) is 0.888. The summed E-state index contributed by atoms with van der Waals surface area (Å²) in [6.07, 6.45) is 1.70. The Labute approximate surface area is 124 Å². The molecule has 0 saturated carbocycles. The predicted molar refractivity (Wildman–Crippen MR) is 82.0 cm³/mol. The normalized spacial score (nSPS) is 17.4. The lowest BCUT2D eigenvalue weighted by Gasteiger charge is -2.32. The zero-order valence-corrected chi connectivity index (χ0v) is 12.5. The van der Waals surface area contributed by atoms with Gasteiger partial charge in [-0.05, 0) is 19.2 Å². The van der Waals surface area contributed by atoms with Gasteiger partial charge in [-0.15, -0.1) is 0 Å². The minimum Gasteiger partial charge on any atom is -0.365 e. The Balaban J connectivity index is 1.99. The summed E-state index contributed by atoms with van der Waals surface area (Å²) in [4.78, 5) is 20.9. The second-order valence-corrected chi connectivity index (χ2v) is 5.70. The second kappa shape index (κ2) is 5.46. The van der Waals surface area contributed by atoms with E-state index in [0.717, 1.165) is 43.9 Å². The van der Waals surface area contributed by atoms with Gasteiger partial charge in [-0.3, -0.25) is 14.7 Å². The van der Waals surface area contributed by atoms with Gasteiger partial charge >= 0.3 is 0 Å². The number of aromatic nitrogens is 2. The molecule has 0 aliphatic carbocycles. The number of rotatable bonds is 3. The number of aryl methyl sites for hydroxylation is 1. The molecule has 0 bridgehead atoms. The number of fused-ring (bicyclic) bond motifs is 1. The van der Waals surface area contributed by atoms with Crippen LogP contribution in [0.2, 0.25) is 0 Å². The Morgan fingerprint density at radius 3 is 2.67 bits per heavy atom. The minimum absolute atomic E-state index is 0.400. The number of carbonyl (C=O) groups excluding carboxylic acids is 1. The van der Waals surface area contributed by atoms with Crippen molar-refractivity contribution in [2.75, 3.05) is 33.2 Å². The van der Waals surface area contributed by atoms with E-state index in [1.54, 1.807) is 6.20 Å². The zero-order valence-electron chi connectivity index (χ0n) is 12.5. The van der Waals surface area contributed by atoms with E-state index in [4.69, 9.17) is 5.73 Å². The molecule has 1 aliphatic heterocycles. The van der Waals surface area contributed by atoms with Crippen molar-refractivity contribution in [1.29, 1.82) is 0 Å². The first-order valence-corrected chi connectivity index (χ1v) is 7.21. The molecule has 1 fully saturated rings. The van der Waals surface area contributed by atoms with Gasteiger partial charge in [-0.1, -0.05) is 0 Å². The molecule has 112 valence electrons. The van der Waals surface area contributed by atoms with Gasteiger partial charge in [0.1, 0.15) is 5.52 Å². The minimum atomic E-state index is -0.400. The van der Waals surface area contributed by atoms with Crippen LogP contribution >= 0.6 is 0 Å². The van der Waals surface area contributed by atoms with Gasteiger partial charge < -0.3 is 15.2 Å². The molecule has 0 spiro atoms. The number of nitrogens with zero attached hydrogens (tertiary/aromatic N) is 4. The highest BCUT2D eigenvalue weighted by molar-refractivity contribution is 6.06. The van der Waals surface area contributed by atoms with Crippen LogP contribution in [-0.4, -0.2) is 58.5 Å². The Morgan fingerprint density at radius 1 is 1.29 bits per heavy atom. The molecule has 2 N–H and O–H groups in total. The lowest BCUT2D eigenvalue weighted by molar-refractivity contribution is 0.0997. The molecule has 6 nitrogen and oxygen atoms in total. The lowest BCUT2D eigenvalue weighted by atomic mass is 10.2. The first kappa shape index (κ1) is 14.0. The summed E-state index contributed by atoms with van der Waals surface area (Å²) in [5.74, 6) is -0.400. The van der Waals surface area contributed by atoms with Crippen LogP contribution in [0, 0.1) is 0 Å². The van der Waals surface area contributed by atoms with Crippen LogP contribution in [0.4, 0.5) is 0 Å². The van der Waals surface area contributed by atoms with E-state index in [1.807, 2.05) is 23.7 Å². The van der Waals surface area contributed by atoms with Gasteiger partial charge in [0.25, 0.3) is 5.91 Å². The summed E-state index contributed by atoms with van der Waals surface area (Å²) in [7, 11) is 4.11. The molecule has 0 unspecified atom stereocenters. The third-order valence-corrected chi connectivity index (χ3v) is 4.29. The van der Waals surface area contributed by atoms with Gasteiger partial charge in [0, 0.05) is 51.7 Å². The molecule has 21 heavy (non-hydrogen) atoms. The van der Waals surface area contributed by atoms with Gasteiger partial charge in [-0.25, -0.2) is 0 Å². The van der Waals surface area contributed by atoms with Crippen molar-refractivity contribution in [3.05, 3.63) is 29.6 Å². The molecule has 0 radical (unpaired) electrons. The van der Waals surface area contributed by atoms with Crippen LogP contribution in [0.25, 0.3) is 11.0 Å². The van der Waals surface area contributed by atoms with E-state index in [2.05, 4.69) is 21.8 Å². The first-order chi connectivity index (χ1) is 10.1. The third kappa shape index (κ3) is 2.52. The third-order valence-electron chi connectivity index (χ3n) is 4.29. The maximum Gasteiger partial charge on any atom is 0.252 e. The lowest BCUT2D eigenvalue weighted by Crippen LogP contribution is -2.44. The van der Waals surface area contributed by atoms with Crippen molar-refractivity contribution in [3.8, 4) is 0 Å². The average Bonchev–Trinajstić information content (AvgIpc) is 2.75. The average molecular weight is 287 g/mol. The van der Waals surface area contributed by atoms with Gasteiger partial charge in [0.2, 0.25) is 0 Å². The fourth-order valence-corrected chi connectivity index (χ4v) is 2.97. The van der Waals surface area contributed by atoms with E-state index >= 15 is 0 Å². The summed E-state index contributed by atoms with van der Waals surface area (Å²) in [6, 6.07) is 3.86. The molecule has 1 saturated heterocycles. The Morgan fingerprint density at radius 2 is 2.00 bits per heavy atom. The fourth-order valence-electron chi connectivity index (χ4n) is 2.97. The van der Waals surface area contributed by atoms with Crippen LogP contribution in [-0.2, 0) is 13.6 Å². The van der Waals surface area contributed by atoms with Gasteiger partial charge in [0.15, 0.2) is 0 Å². The van der Waals surface area contributed by atoms with Crippen molar-refractivity contribution >= 4 is 16.9 Å². The molecule has 0 atom stereocenters. The maximum absolute atomic E-state index is 11.9. The molecule has 3 heterocycles. The van der Waals surface area contributed by atoms with E-state index in [1.165, 1.54) is 0 Å². The largest absolute Gasteiger partial charge is 0.365 e. The first-order valence-electron chi connectivity index (χ1n) is 7.21. The van der Waals surface area contributed by atoms with Crippen molar-refractivity contribution in [2.24, 2.45) is 12.8 Å². The molecule has 1 aliphatic rings. The highest BCUT2D eigenvalue weighted by atomic mass is 16.1. The Hall–Kier alpha value is -1.92. The van der Waals surface area contributed by atoms with Gasteiger partial charge in [-0.2, -0.15) is 0 Å². The van der Waals surface area contributed by atoms with E-state index < -0.39 is 5.91 Å². The highest BCUT2D eigenvalue weighted by Crippen LogP contribution is 2.24. The molecule has 1 amide bonds. The van der Waals surface area contributed by atoms with Crippen LogP contribution < -0.4 is 5.73 Å². The monoisotopic (exact) mass is 287 g/mol. The number of amides is 1. The summed E-state index contributed by atoms with van der Waals surface area (Å²) in [6.45, 7) is 4.84. The Kier molecular flexibility index (Phi) is 3.65. The number of carbonyl (C=O) groups is 1. The summed E-state index contributed by atoms with van der Waals surface area (Å²) in [5, 5.41) is 0. The summed E-state index contributed by atoms with van der Waals surface area (Å²) >= 11 is 0. The number of piperazine rings is 1. The molecular formula is C15H21N5O. The van der Waals surface area contributed by atoms with Crippen molar-refractivity contribution in [3.63, 3.8) is 0 Å². The molecule has 2 aromatic heterocycles. The maximum atomic E-state index is 11.9. The molecule has 2 aromatic rings. The van der Waals surface area contributed by atoms with E-state index in [-0.39, 0.29) is 0 Å². The topological polar surface area (TPSA) is 67.4 Å². The summed E-state index contributed by atoms with van der Waals surface area (Å²) < 4.78 is 2.04. The number of hydrogen-bond donors (Lipinski definition) is 1. The smallest absolute Gasteiger partial charge is 0.252 e. The van der Waals surface area contributed by atoms with Crippen molar-refractivity contribution in [2.45, 2.75) is 6.54 Å². The second-order valence-electron chi connectivity index (χ2n) is 5.70. The number of likely N-dealkylation sites (N-methyl/N-ethyl adjacent to an activating group) is 1. The number of primary amides is 1. The number of hydrogen-bond acceptors (Lipinski definition) is 4. The van der Waals surface area contributed by atoms with Crippen LogP contribution in [0.3, 0.4) is 0 Å². The zero-order chi connectivity index (χ0) is 15.0. The van der Waals surface area contributed by atoms with Crippen LogP contribution in [0.5, 0.6) is 0 Å². The van der Waals surface area contributed by atoms with E-state index in [0.29, 0.717) is 11.1 Å². The van der Waals surface area contributed by atoms with Crippen LogP contribution in [0.1, 0.15) is 16.1 Å².